The van der Waals surface area contributed by atoms with E-state index in [0.717, 1.165) is 11.1 Å². The summed E-state index contributed by atoms with van der Waals surface area (Å²) < 4.78 is 9.22. The fraction of sp³-hybridized carbons (Fsp3) is 0.429. The van der Waals surface area contributed by atoms with E-state index >= 15 is 0 Å². The van der Waals surface area contributed by atoms with Crippen LogP contribution in [0.1, 0.15) is 31.9 Å². The molecule has 0 fully saturated rings. The fourth-order valence-electron chi connectivity index (χ4n) is 1.44. The van der Waals surface area contributed by atoms with Crippen LogP contribution < -0.4 is 0 Å². The molecule has 1 aromatic rings. The van der Waals surface area contributed by atoms with Gasteiger partial charge in [-0.3, -0.25) is 0 Å². The first-order chi connectivity index (χ1) is 8.81. The van der Waals surface area contributed by atoms with E-state index in [1.807, 2.05) is 67.9 Å². The van der Waals surface area contributed by atoms with Crippen molar-refractivity contribution in [3.63, 3.8) is 0 Å². The van der Waals surface area contributed by atoms with Crippen LogP contribution in [-0.2, 0) is 11.3 Å². The Bertz CT molecular complexity index is 450. The van der Waals surface area contributed by atoms with E-state index in [1.54, 1.807) is 18.2 Å². The Balaban J connectivity index is 2.61. The van der Waals surface area contributed by atoms with Gasteiger partial charge in [-0.1, -0.05) is 24.3 Å². The number of carbonyl (C=O) groups excluding carboxylic acids is 1. The molecule has 0 unspecified atom stereocenters. The zero-order chi connectivity index (χ0) is 14.5. The highest BCUT2D eigenvalue weighted by Crippen LogP contribution is 2.11. The lowest BCUT2D eigenvalue weighted by Gasteiger charge is -2.24. The van der Waals surface area contributed by atoms with E-state index in [2.05, 4.69) is 3.21 Å². The number of nitrogens with zero attached hydrogens (tertiary/aromatic N) is 2. The van der Waals surface area contributed by atoms with Gasteiger partial charge >= 0.3 is 6.09 Å². The Morgan fingerprint density at radius 3 is 2.42 bits per heavy atom. The Morgan fingerprint density at radius 1 is 1.37 bits per heavy atom. The third-order valence-corrected chi connectivity index (χ3v) is 2.58. The molecule has 0 heterocycles. The quantitative estimate of drug-likeness (QED) is 0.596. The summed E-state index contributed by atoms with van der Waals surface area (Å²) in [6.45, 7) is 6.10. The Labute approximate surface area is 128 Å². The van der Waals surface area contributed by atoms with Crippen molar-refractivity contribution in [3.05, 3.63) is 35.4 Å². The average molecular weight is 374 g/mol. The molecule has 0 aromatic heterocycles. The van der Waals surface area contributed by atoms with Gasteiger partial charge in [-0.05, 0) is 31.9 Å². The van der Waals surface area contributed by atoms with Gasteiger partial charge in [-0.15, -0.1) is 0 Å². The molecule has 0 saturated carbocycles. The number of ether oxygens (including phenoxy) is 1. The van der Waals surface area contributed by atoms with Crippen LogP contribution in [0.15, 0.2) is 27.5 Å². The molecule has 0 saturated heterocycles. The molecule has 5 heteroatoms. The maximum atomic E-state index is 11.8. The lowest BCUT2D eigenvalue weighted by atomic mass is 10.1. The van der Waals surface area contributed by atoms with Crippen molar-refractivity contribution in [2.75, 3.05) is 7.05 Å². The summed E-state index contributed by atoms with van der Waals surface area (Å²) in [5.74, 6) is 0. The molecule has 1 aromatic carbocycles. The van der Waals surface area contributed by atoms with Crippen molar-refractivity contribution in [2.24, 2.45) is 3.21 Å². The van der Waals surface area contributed by atoms with Crippen molar-refractivity contribution < 1.29 is 9.53 Å². The monoisotopic (exact) mass is 374 g/mol. The molecule has 0 aliphatic rings. The van der Waals surface area contributed by atoms with Crippen LogP contribution in [-0.4, -0.2) is 29.9 Å². The summed E-state index contributed by atoms with van der Waals surface area (Å²) in [4.78, 5) is 13.4. The molecular formula is C14H19IN2O2. The molecule has 0 N–H and O–H groups in total. The molecule has 0 bridgehead atoms. The van der Waals surface area contributed by atoms with Gasteiger partial charge < -0.3 is 9.64 Å². The fourth-order valence-corrected chi connectivity index (χ4v) is 1.77. The number of benzene rings is 1. The molecule has 104 valence electrons. The Hall–Kier alpha value is -1.11. The van der Waals surface area contributed by atoms with Gasteiger partial charge in [0.2, 0.25) is 0 Å². The minimum Gasteiger partial charge on any atom is -0.444 e. The molecule has 1 rings (SSSR count). The third kappa shape index (κ3) is 6.04. The van der Waals surface area contributed by atoms with Crippen molar-refractivity contribution in [2.45, 2.75) is 32.9 Å². The lowest BCUT2D eigenvalue weighted by molar-refractivity contribution is 0.0285. The lowest BCUT2D eigenvalue weighted by Crippen LogP contribution is -2.33. The number of rotatable bonds is 3. The largest absolute Gasteiger partial charge is 0.444 e. The van der Waals surface area contributed by atoms with Crippen LogP contribution in [0.4, 0.5) is 4.79 Å². The summed E-state index contributed by atoms with van der Waals surface area (Å²) in [5.41, 5.74) is 1.63. The zero-order valence-corrected chi connectivity index (χ0v) is 13.8. The number of hydrogen-bond acceptors (Lipinski definition) is 3. The summed E-state index contributed by atoms with van der Waals surface area (Å²) >= 11 is 1.94. The van der Waals surface area contributed by atoms with Crippen LogP contribution in [0, 0.1) is 0 Å². The summed E-state index contributed by atoms with van der Waals surface area (Å²) in [6, 6.07) is 7.91. The van der Waals surface area contributed by atoms with Crippen LogP contribution in [0.5, 0.6) is 0 Å². The van der Waals surface area contributed by atoms with Crippen LogP contribution >= 0.6 is 22.9 Å². The standard InChI is InChI=1S/C14H19IN2O2/c1-14(2,3)19-13(18)17(4)10-12-7-5-11(6-8-12)9-16-15/h5-9H,10H2,1-4H3/b16-9+. The normalized spacial score (nSPS) is 11.6. The minimum absolute atomic E-state index is 0.314. The first-order valence-corrected chi connectivity index (χ1v) is 6.96. The summed E-state index contributed by atoms with van der Waals surface area (Å²) in [7, 11) is 1.73. The van der Waals surface area contributed by atoms with Crippen molar-refractivity contribution >= 4 is 35.2 Å². The zero-order valence-electron chi connectivity index (χ0n) is 11.7. The molecule has 0 atom stereocenters. The van der Waals surface area contributed by atoms with Crippen molar-refractivity contribution in [1.82, 2.24) is 4.90 Å². The summed E-state index contributed by atoms with van der Waals surface area (Å²) in [6.07, 6.45) is 1.47. The van der Waals surface area contributed by atoms with Gasteiger partial charge in [0.05, 0.1) is 22.9 Å². The first kappa shape index (κ1) is 15.9. The van der Waals surface area contributed by atoms with Crippen LogP contribution in [0.25, 0.3) is 0 Å². The van der Waals surface area contributed by atoms with Gasteiger partial charge in [-0.25, -0.2) is 8.00 Å². The van der Waals surface area contributed by atoms with E-state index in [-0.39, 0.29) is 6.09 Å². The molecule has 0 aliphatic heterocycles. The number of amides is 1. The van der Waals surface area contributed by atoms with E-state index in [9.17, 15) is 4.79 Å². The topological polar surface area (TPSA) is 41.9 Å². The maximum Gasteiger partial charge on any atom is 0.410 e. The first-order valence-electron chi connectivity index (χ1n) is 5.99. The highest BCUT2D eigenvalue weighted by atomic mass is 127. The molecule has 0 spiro atoms. The maximum absolute atomic E-state index is 11.8. The van der Waals surface area contributed by atoms with Gasteiger partial charge in [-0.2, -0.15) is 0 Å². The third-order valence-electron chi connectivity index (χ3n) is 2.30. The number of hydrogen-bond donors (Lipinski definition) is 0. The second-order valence-corrected chi connectivity index (χ2v) is 5.86. The van der Waals surface area contributed by atoms with Gasteiger partial charge in [0, 0.05) is 19.8 Å². The van der Waals surface area contributed by atoms with E-state index in [4.69, 9.17) is 4.74 Å². The minimum atomic E-state index is -0.466. The summed E-state index contributed by atoms with van der Waals surface area (Å²) in [5, 5.41) is 0. The number of halogens is 1. The van der Waals surface area contributed by atoms with E-state index in [1.165, 1.54) is 0 Å². The smallest absolute Gasteiger partial charge is 0.410 e. The molecule has 19 heavy (non-hydrogen) atoms. The SMILES string of the molecule is CN(Cc1ccc(/C=N/I)cc1)C(=O)OC(C)(C)C. The van der Waals surface area contributed by atoms with Crippen molar-refractivity contribution in [3.8, 4) is 0 Å². The molecule has 1 amide bonds. The van der Waals surface area contributed by atoms with Gasteiger partial charge in [0.15, 0.2) is 0 Å². The van der Waals surface area contributed by atoms with Gasteiger partial charge in [0.1, 0.15) is 5.60 Å². The van der Waals surface area contributed by atoms with Gasteiger partial charge in [0.25, 0.3) is 0 Å². The second kappa shape index (κ2) is 6.88. The van der Waals surface area contributed by atoms with E-state index < -0.39 is 5.60 Å². The highest BCUT2D eigenvalue weighted by molar-refractivity contribution is 14.1. The second-order valence-electron chi connectivity index (χ2n) is 5.30. The van der Waals surface area contributed by atoms with Crippen LogP contribution in [0.3, 0.4) is 0 Å². The average Bonchev–Trinajstić information content (AvgIpc) is 2.29. The molecule has 4 nitrogen and oxygen atoms in total. The number of carbonyl (C=O) groups is 1. The van der Waals surface area contributed by atoms with Crippen LogP contribution in [0.2, 0.25) is 0 Å². The Morgan fingerprint density at radius 2 is 1.95 bits per heavy atom. The Kier molecular flexibility index (Phi) is 5.78. The molecule has 0 radical (unpaired) electrons. The molecular weight excluding hydrogens is 355 g/mol. The van der Waals surface area contributed by atoms with E-state index in [0.29, 0.717) is 6.54 Å². The highest BCUT2D eigenvalue weighted by Gasteiger charge is 2.19. The predicted octanol–water partition coefficient (Wildman–Crippen LogP) is 3.82. The van der Waals surface area contributed by atoms with Crippen molar-refractivity contribution in [1.29, 1.82) is 0 Å². The predicted molar refractivity (Wildman–Crippen MR) is 85.8 cm³/mol. The molecule has 0 aliphatic carbocycles.